The molecule has 0 radical (unpaired) electrons. The average Bonchev–Trinajstić information content (AvgIpc) is 2.96. The van der Waals surface area contributed by atoms with Crippen molar-refractivity contribution in [3.05, 3.63) is 18.0 Å². The van der Waals surface area contributed by atoms with Crippen LogP contribution in [0.3, 0.4) is 0 Å². The van der Waals surface area contributed by atoms with Gasteiger partial charge in [-0.25, -0.2) is 0 Å². The van der Waals surface area contributed by atoms with Gasteiger partial charge in [-0.3, -0.25) is 9.48 Å². The van der Waals surface area contributed by atoms with Crippen LogP contribution in [0.2, 0.25) is 0 Å². The highest BCUT2D eigenvalue weighted by molar-refractivity contribution is 5.92. The van der Waals surface area contributed by atoms with Gasteiger partial charge in [-0.05, 0) is 38.8 Å². The van der Waals surface area contributed by atoms with Crippen LogP contribution in [0, 0.1) is 0 Å². The van der Waals surface area contributed by atoms with E-state index in [1.807, 2.05) is 17.8 Å². The average molecular weight is 280 g/mol. The van der Waals surface area contributed by atoms with Gasteiger partial charge in [-0.2, -0.15) is 5.10 Å². The Morgan fingerprint density at radius 3 is 3.25 bits per heavy atom. The first-order valence-electron chi connectivity index (χ1n) is 7.26. The molecule has 1 amide bonds. The molecule has 1 fully saturated rings. The summed E-state index contributed by atoms with van der Waals surface area (Å²) in [6.07, 6.45) is 4.96. The molecule has 1 aliphatic rings. The van der Waals surface area contributed by atoms with Crippen molar-refractivity contribution in [1.82, 2.24) is 20.4 Å². The SMILES string of the molecule is COCCC(C)NC(=O)c1ccn(C2CCCNC2)n1. The fraction of sp³-hybridized carbons (Fsp3) is 0.714. The van der Waals surface area contributed by atoms with E-state index in [4.69, 9.17) is 4.74 Å². The van der Waals surface area contributed by atoms with Crippen molar-refractivity contribution in [1.29, 1.82) is 0 Å². The van der Waals surface area contributed by atoms with Crippen LogP contribution in [-0.4, -0.2) is 48.5 Å². The summed E-state index contributed by atoms with van der Waals surface area (Å²) in [5.41, 5.74) is 0.486. The van der Waals surface area contributed by atoms with Crippen molar-refractivity contribution >= 4 is 5.91 Å². The number of hydrogen-bond acceptors (Lipinski definition) is 4. The number of aromatic nitrogens is 2. The Morgan fingerprint density at radius 2 is 2.55 bits per heavy atom. The summed E-state index contributed by atoms with van der Waals surface area (Å²) in [6.45, 7) is 4.61. The van der Waals surface area contributed by atoms with Gasteiger partial charge >= 0.3 is 0 Å². The van der Waals surface area contributed by atoms with Crippen LogP contribution < -0.4 is 10.6 Å². The second-order valence-electron chi connectivity index (χ2n) is 5.34. The zero-order chi connectivity index (χ0) is 14.4. The van der Waals surface area contributed by atoms with Gasteiger partial charge in [-0.15, -0.1) is 0 Å². The second kappa shape index (κ2) is 7.40. The number of amides is 1. The van der Waals surface area contributed by atoms with Gasteiger partial charge in [0.2, 0.25) is 0 Å². The standard InChI is InChI=1S/C14H24N4O2/c1-11(6-9-20-2)16-14(19)13-5-8-18(17-13)12-4-3-7-15-10-12/h5,8,11-12,15H,3-4,6-7,9-10H2,1-2H3,(H,16,19). The number of rotatable bonds is 6. The molecule has 0 saturated carbocycles. The number of carbonyl (C=O) groups excluding carboxylic acids is 1. The molecule has 1 saturated heterocycles. The molecule has 112 valence electrons. The first kappa shape index (κ1) is 15.0. The molecule has 2 unspecified atom stereocenters. The molecule has 20 heavy (non-hydrogen) atoms. The van der Waals surface area contributed by atoms with Gasteiger partial charge in [-0.1, -0.05) is 0 Å². The number of nitrogens with one attached hydrogen (secondary N) is 2. The molecule has 0 spiro atoms. The van der Waals surface area contributed by atoms with Gasteiger partial charge in [0.05, 0.1) is 6.04 Å². The predicted molar refractivity (Wildman–Crippen MR) is 76.8 cm³/mol. The summed E-state index contributed by atoms with van der Waals surface area (Å²) in [7, 11) is 1.66. The molecule has 2 rings (SSSR count). The first-order valence-corrected chi connectivity index (χ1v) is 7.26. The highest BCUT2D eigenvalue weighted by atomic mass is 16.5. The smallest absolute Gasteiger partial charge is 0.271 e. The number of methoxy groups -OCH3 is 1. The van der Waals surface area contributed by atoms with Crippen LogP contribution in [0.15, 0.2) is 12.3 Å². The van der Waals surface area contributed by atoms with Gasteiger partial charge in [0.1, 0.15) is 5.69 Å². The highest BCUT2D eigenvalue weighted by Gasteiger charge is 2.18. The maximum absolute atomic E-state index is 12.1. The topological polar surface area (TPSA) is 68.2 Å². The highest BCUT2D eigenvalue weighted by Crippen LogP contribution is 2.15. The molecule has 0 bridgehead atoms. The molecule has 1 aliphatic heterocycles. The van der Waals surface area contributed by atoms with Gasteiger partial charge in [0, 0.05) is 32.5 Å². The third-order valence-electron chi connectivity index (χ3n) is 3.62. The Kier molecular flexibility index (Phi) is 5.55. The summed E-state index contributed by atoms with van der Waals surface area (Å²) >= 11 is 0. The Labute approximate surface area is 119 Å². The van der Waals surface area contributed by atoms with E-state index < -0.39 is 0 Å². The minimum absolute atomic E-state index is 0.0870. The molecule has 1 aromatic rings. The van der Waals surface area contributed by atoms with Crippen LogP contribution in [-0.2, 0) is 4.74 Å². The summed E-state index contributed by atoms with van der Waals surface area (Å²) in [5.74, 6) is -0.115. The predicted octanol–water partition coefficient (Wildman–Crippen LogP) is 0.962. The Bertz CT molecular complexity index is 427. The Hall–Kier alpha value is -1.40. The molecule has 0 aromatic carbocycles. The summed E-state index contributed by atoms with van der Waals surface area (Å²) < 4.78 is 6.91. The number of hydrogen-bond donors (Lipinski definition) is 2. The molecule has 1 aromatic heterocycles. The molecule has 2 heterocycles. The zero-order valence-electron chi connectivity index (χ0n) is 12.3. The maximum atomic E-state index is 12.1. The largest absolute Gasteiger partial charge is 0.385 e. The Balaban J connectivity index is 1.88. The zero-order valence-corrected chi connectivity index (χ0v) is 12.3. The molecule has 2 atom stereocenters. The fourth-order valence-electron chi connectivity index (χ4n) is 2.39. The van der Waals surface area contributed by atoms with Crippen molar-refractivity contribution in [2.75, 3.05) is 26.8 Å². The lowest BCUT2D eigenvalue weighted by Gasteiger charge is -2.22. The van der Waals surface area contributed by atoms with Crippen molar-refractivity contribution in [2.45, 2.75) is 38.3 Å². The molecule has 2 N–H and O–H groups in total. The van der Waals surface area contributed by atoms with Crippen molar-refractivity contribution < 1.29 is 9.53 Å². The van der Waals surface area contributed by atoms with E-state index in [-0.39, 0.29) is 11.9 Å². The lowest BCUT2D eigenvalue weighted by atomic mass is 10.1. The fourth-order valence-corrected chi connectivity index (χ4v) is 2.39. The Morgan fingerprint density at radius 1 is 1.70 bits per heavy atom. The van der Waals surface area contributed by atoms with Crippen LogP contribution >= 0.6 is 0 Å². The van der Waals surface area contributed by atoms with Crippen molar-refractivity contribution in [3.8, 4) is 0 Å². The summed E-state index contributed by atoms with van der Waals surface area (Å²) in [6, 6.07) is 2.23. The second-order valence-corrected chi connectivity index (χ2v) is 5.34. The molecule has 6 nitrogen and oxygen atoms in total. The van der Waals surface area contributed by atoms with Crippen LogP contribution in [0.1, 0.15) is 42.7 Å². The first-order chi connectivity index (χ1) is 9.70. The summed E-state index contributed by atoms with van der Waals surface area (Å²) in [5, 5.41) is 10.7. The third kappa shape index (κ3) is 4.05. The van der Waals surface area contributed by atoms with Gasteiger partial charge < -0.3 is 15.4 Å². The van der Waals surface area contributed by atoms with Crippen molar-refractivity contribution in [3.63, 3.8) is 0 Å². The number of ether oxygens (including phenoxy) is 1. The monoisotopic (exact) mass is 280 g/mol. The maximum Gasteiger partial charge on any atom is 0.271 e. The number of nitrogens with zero attached hydrogens (tertiary/aromatic N) is 2. The van der Waals surface area contributed by atoms with E-state index in [1.165, 1.54) is 0 Å². The van der Waals surface area contributed by atoms with E-state index in [9.17, 15) is 4.79 Å². The normalized spacial score (nSPS) is 20.6. The minimum Gasteiger partial charge on any atom is -0.385 e. The summed E-state index contributed by atoms with van der Waals surface area (Å²) in [4.78, 5) is 12.1. The van der Waals surface area contributed by atoms with Crippen LogP contribution in [0.25, 0.3) is 0 Å². The minimum atomic E-state index is -0.115. The van der Waals surface area contributed by atoms with Gasteiger partial charge in [0.25, 0.3) is 5.91 Å². The van der Waals surface area contributed by atoms with Crippen LogP contribution in [0.5, 0.6) is 0 Å². The number of piperidine rings is 1. The molecular weight excluding hydrogens is 256 g/mol. The quantitative estimate of drug-likeness (QED) is 0.814. The van der Waals surface area contributed by atoms with E-state index in [2.05, 4.69) is 15.7 Å². The molecule has 6 heteroatoms. The van der Waals surface area contributed by atoms with Crippen LogP contribution in [0.4, 0.5) is 0 Å². The lowest BCUT2D eigenvalue weighted by molar-refractivity contribution is 0.0923. The molecule has 0 aliphatic carbocycles. The lowest BCUT2D eigenvalue weighted by Crippen LogP contribution is -2.34. The third-order valence-corrected chi connectivity index (χ3v) is 3.62. The van der Waals surface area contributed by atoms with E-state index in [0.29, 0.717) is 18.3 Å². The van der Waals surface area contributed by atoms with Gasteiger partial charge in [0.15, 0.2) is 0 Å². The van der Waals surface area contributed by atoms with Crippen molar-refractivity contribution in [2.24, 2.45) is 0 Å². The molecular formula is C14H24N4O2. The van der Waals surface area contributed by atoms with E-state index >= 15 is 0 Å². The van der Waals surface area contributed by atoms with E-state index in [1.54, 1.807) is 13.2 Å². The van der Waals surface area contributed by atoms with E-state index in [0.717, 1.165) is 32.4 Å². The number of carbonyl (C=O) groups is 1.